The number of hydrogen-bond acceptors (Lipinski definition) is 2. The van der Waals surface area contributed by atoms with Gasteiger partial charge in [-0.25, -0.2) is 0 Å². The zero-order valence-corrected chi connectivity index (χ0v) is 11.0. The topological polar surface area (TPSA) is 33.5 Å². The molecule has 1 rings (SSSR count). The Kier molecular flexibility index (Phi) is 3.97. The maximum absolute atomic E-state index is 12.0. The van der Waals surface area contributed by atoms with Crippen LogP contribution in [0.15, 0.2) is 21.4 Å². The number of amides is 1. The molecule has 1 aromatic rings. The van der Waals surface area contributed by atoms with E-state index in [1.54, 1.807) is 11.0 Å². The molecule has 0 saturated heterocycles. The molecule has 0 N–H and O–H groups in total. The molecule has 3 nitrogen and oxygen atoms in total. The third-order valence-electron chi connectivity index (χ3n) is 2.74. The molecule has 0 bridgehead atoms. The van der Waals surface area contributed by atoms with Crippen molar-refractivity contribution in [2.24, 2.45) is 5.92 Å². The molecule has 0 aliphatic rings. The monoisotopic (exact) mass is 273 g/mol. The Hall–Kier alpha value is -0.770. The van der Waals surface area contributed by atoms with Crippen LogP contribution in [0.3, 0.4) is 0 Å². The van der Waals surface area contributed by atoms with E-state index < -0.39 is 0 Å². The van der Waals surface area contributed by atoms with Gasteiger partial charge < -0.3 is 9.32 Å². The lowest BCUT2D eigenvalue weighted by molar-refractivity contribution is 0.0705. The van der Waals surface area contributed by atoms with Gasteiger partial charge in [-0.2, -0.15) is 0 Å². The number of rotatable bonds is 3. The van der Waals surface area contributed by atoms with E-state index in [1.807, 2.05) is 14.0 Å². The minimum Gasteiger partial charge on any atom is -0.457 e. The third kappa shape index (κ3) is 2.62. The molecule has 0 radical (unpaired) electrons. The lowest BCUT2D eigenvalue weighted by atomic mass is 10.0. The summed E-state index contributed by atoms with van der Waals surface area (Å²) in [6.07, 6.45) is 1.51. The minimum atomic E-state index is -0.0168. The van der Waals surface area contributed by atoms with Crippen molar-refractivity contribution >= 4 is 21.8 Å². The Balaban J connectivity index is 2.82. The average Bonchev–Trinajstić information content (AvgIpc) is 2.60. The van der Waals surface area contributed by atoms with Crippen LogP contribution in [0.4, 0.5) is 0 Å². The smallest absolute Gasteiger partial charge is 0.258 e. The van der Waals surface area contributed by atoms with Gasteiger partial charge in [0.2, 0.25) is 0 Å². The highest BCUT2D eigenvalue weighted by molar-refractivity contribution is 9.10. The van der Waals surface area contributed by atoms with E-state index >= 15 is 0 Å². The van der Waals surface area contributed by atoms with Crippen LogP contribution in [-0.4, -0.2) is 23.9 Å². The summed E-state index contributed by atoms with van der Waals surface area (Å²) in [5.41, 5.74) is 0.574. The highest BCUT2D eigenvalue weighted by Gasteiger charge is 2.22. The molecular formula is C11H16BrNO2. The molecule has 1 unspecified atom stereocenters. The molecule has 1 amide bonds. The molecule has 1 heterocycles. The fraction of sp³-hybridized carbons (Fsp3) is 0.545. The first-order valence-electron chi connectivity index (χ1n) is 4.95. The second-order valence-electron chi connectivity index (χ2n) is 4.01. The van der Waals surface area contributed by atoms with Crippen molar-refractivity contribution in [2.45, 2.75) is 26.8 Å². The van der Waals surface area contributed by atoms with Gasteiger partial charge in [-0.1, -0.05) is 13.8 Å². The molecule has 0 spiro atoms. The Bertz CT molecular complexity index is 346. The summed E-state index contributed by atoms with van der Waals surface area (Å²) in [5, 5.41) is 0. The molecular weight excluding hydrogens is 258 g/mol. The van der Waals surface area contributed by atoms with Gasteiger partial charge >= 0.3 is 0 Å². The SMILES string of the molecule is CC(C)C(C)N(C)C(=O)c1ccoc1Br. The van der Waals surface area contributed by atoms with Crippen molar-refractivity contribution in [1.29, 1.82) is 0 Å². The molecule has 0 fully saturated rings. The quantitative estimate of drug-likeness (QED) is 0.848. The normalized spacial score (nSPS) is 12.9. The first-order chi connectivity index (χ1) is 6.95. The molecule has 4 heteroatoms. The van der Waals surface area contributed by atoms with Gasteiger partial charge in [-0.05, 0) is 34.8 Å². The zero-order valence-electron chi connectivity index (χ0n) is 9.45. The molecule has 0 aromatic carbocycles. The van der Waals surface area contributed by atoms with Crippen molar-refractivity contribution in [2.75, 3.05) is 7.05 Å². The van der Waals surface area contributed by atoms with E-state index in [9.17, 15) is 4.79 Å². The van der Waals surface area contributed by atoms with Gasteiger partial charge in [0.25, 0.3) is 5.91 Å². The highest BCUT2D eigenvalue weighted by atomic mass is 79.9. The fourth-order valence-corrected chi connectivity index (χ4v) is 1.68. The number of nitrogens with zero attached hydrogens (tertiary/aromatic N) is 1. The molecule has 84 valence electrons. The Morgan fingerprint density at radius 1 is 1.47 bits per heavy atom. The Morgan fingerprint density at radius 2 is 2.07 bits per heavy atom. The molecule has 0 aliphatic heterocycles. The third-order valence-corrected chi connectivity index (χ3v) is 3.36. The number of furan rings is 1. The summed E-state index contributed by atoms with van der Waals surface area (Å²) in [6.45, 7) is 6.23. The number of halogens is 1. The zero-order chi connectivity index (χ0) is 11.6. The van der Waals surface area contributed by atoms with E-state index in [0.29, 0.717) is 16.2 Å². The van der Waals surface area contributed by atoms with Crippen LogP contribution >= 0.6 is 15.9 Å². The van der Waals surface area contributed by atoms with Crippen LogP contribution < -0.4 is 0 Å². The molecule has 1 aromatic heterocycles. The van der Waals surface area contributed by atoms with Crippen LogP contribution in [0, 0.1) is 5.92 Å². The molecule has 0 saturated carbocycles. The Morgan fingerprint density at radius 3 is 2.47 bits per heavy atom. The lowest BCUT2D eigenvalue weighted by Crippen LogP contribution is -2.38. The van der Waals surface area contributed by atoms with Crippen molar-refractivity contribution in [1.82, 2.24) is 4.90 Å². The number of carbonyl (C=O) groups is 1. The van der Waals surface area contributed by atoms with E-state index in [0.717, 1.165) is 0 Å². The average molecular weight is 274 g/mol. The largest absolute Gasteiger partial charge is 0.457 e. The van der Waals surface area contributed by atoms with Crippen molar-refractivity contribution in [3.8, 4) is 0 Å². The van der Waals surface area contributed by atoms with Crippen molar-refractivity contribution in [3.63, 3.8) is 0 Å². The highest BCUT2D eigenvalue weighted by Crippen LogP contribution is 2.20. The maximum atomic E-state index is 12.0. The van der Waals surface area contributed by atoms with Gasteiger partial charge in [0.1, 0.15) is 0 Å². The van der Waals surface area contributed by atoms with Crippen LogP contribution in [0.5, 0.6) is 0 Å². The van der Waals surface area contributed by atoms with E-state index in [2.05, 4.69) is 29.8 Å². The van der Waals surface area contributed by atoms with Crippen LogP contribution in [-0.2, 0) is 0 Å². The molecule has 15 heavy (non-hydrogen) atoms. The first-order valence-corrected chi connectivity index (χ1v) is 5.74. The van der Waals surface area contributed by atoms with Gasteiger partial charge in [-0.15, -0.1) is 0 Å². The van der Waals surface area contributed by atoms with Crippen LogP contribution in [0.1, 0.15) is 31.1 Å². The second kappa shape index (κ2) is 4.84. The van der Waals surface area contributed by atoms with Gasteiger partial charge in [0.05, 0.1) is 11.8 Å². The predicted molar refractivity (Wildman–Crippen MR) is 62.8 cm³/mol. The first kappa shape index (κ1) is 12.3. The lowest BCUT2D eigenvalue weighted by Gasteiger charge is -2.27. The van der Waals surface area contributed by atoms with E-state index in [4.69, 9.17) is 4.42 Å². The van der Waals surface area contributed by atoms with E-state index in [-0.39, 0.29) is 11.9 Å². The maximum Gasteiger partial charge on any atom is 0.258 e. The molecule has 0 aliphatic carbocycles. The summed E-state index contributed by atoms with van der Waals surface area (Å²) < 4.78 is 5.54. The summed E-state index contributed by atoms with van der Waals surface area (Å²) in [7, 11) is 1.81. The number of carbonyl (C=O) groups excluding carboxylic acids is 1. The minimum absolute atomic E-state index is 0.0168. The van der Waals surface area contributed by atoms with Crippen LogP contribution in [0.25, 0.3) is 0 Å². The standard InChI is InChI=1S/C11H16BrNO2/c1-7(2)8(3)13(4)11(14)9-5-6-15-10(9)12/h5-8H,1-4H3. The fourth-order valence-electron chi connectivity index (χ4n) is 1.27. The summed E-state index contributed by atoms with van der Waals surface area (Å²) >= 11 is 3.21. The van der Waals surface area contributed by atoms with Gasteiger partial charge in [-0.3, -0.25) is 4.79 Å². The van der Waals surface area contributed by atoms with Crippen LogP contribution in [0.2, 0.25) is 0 Å². The van der Waals surface area contributed by atoms with E-state index in [1.165, 1.54) is 6.26 Å². The van der Waals surface area contributed by atoms with Gasteiger partial charge in [0.15, 0.2) is 4.67 Å². The second-order valence-corrected chi connectivity index (χ2v) is 4.73. The number of hydrogen-bond donors (Lipinski definition) is 0. The summed E-state index contributed by atoms with van der Waals surface area (Å²) in [5.74, 6) is 0.418. The Labute approximate surface area is 98.6 Å². The summed E-state index contributed by atoms with van der Waals surface area (Å²) in [4.78, 5) is 13.7. The van der Waals surface area contributed by atoms with Gasteiger partial charge in [0, 0.05) is 13.1 Å². The van der Waals surface area contributed by atoms with Crippen molar-refractivity contribution < 1.29 is 9.21 Å². The predicted octanol–water partition coefficient (Wildman–Crippen LogP) is 3.16. The molecule has 1 atom stereocenters. The van der Waals surface area contributed by atoms with Crippen molar-refractivity contribution in [3.05, 3.63) is 22.6 Å². The summed E-state index contributed by atoms with van der Waals surface area (Å²) in [6, 6.07) is 1.88.